The summed E-state index contributed by atoms with van der Waals surface area (Å²) in [6.07, 6.45) is 1.60. The fourth-order valence-electron chi connectivity index (χ4n) is 4.36. The highest BCUT2D eigenvalue weighted by Crippen LogP contribution is 2.47. The molecule has 0 fully saturated rings. The maximum absolute atomic E-state index is 11.9. The Balaban J connectivity index is 2.14. The van der Waals surface area contributed by atoms with Crippen molar-refractivity contribution < 1.29 is 9.66 Å². The third-order valence-corrected chi connectivity index (χ3v) is 6.44. The van der Waals surface area contributed by atoms with E-state index < -0.39 is 42.8 Å². The molecular formula is C22H15B11N2O3. The van der Waals surface area contributed by atoms with E-state index in [-0.39, 0.29) is 13.0 Å². The van der Waals surface area contributed by atoms with Gasteiger partial charge in [-0.05, 0) is 52.3 Å². The van der Waals surface area contributed by atoms with Crippen LogP contribution in [0.15, 0.2) is 48.5 Å². The molecule has 2 aromatic rings. The van der Waals surface area contributed by atoms with Crippen LogP contribution in [0.2, 0.25) is 10.2 Å². The number of nitrogens with zero attached hydrogens (tertiary/aromatic N) is 2. The highest BCUT2D eigenvalue weighted by molar-refractivity contribution is 6.69. The molecule has 0 saturated heterocycles. The Morgan fingerprint density at radius 3 is 2.00 bits per heavy atom. The van der Waals surface area contributed by atoms with Crippen LogP contribution in [0.5, 0.6) is 5.75 Å². The molecule has 3 rings (SSSR count). The van der Waals surface area contributed by atoms with E-state index >= 15 is 0 Å². The summed E-state index contributed by atoms with van der Waals surface area (Å²) in [5.74, 6) is -0.429. The third-order valence-electron chi connectivity index (χ3n) is 6.44. The highest BCUT2D eigenvalue weighted by atomic mass is 16.6. The topological polar surface area (TPSA) is 55.6 Å². The lowest BCUT2D eigenvalue weighted by Crippen LogP contribution is -2.63. The number of hydrogen-bond acceptors (Lipinski definition) is 4. The number of aryl methyl sites for hydroxylation is 1. The monoisotopic (exact) mass is 476 g/mol. The van der Waals surface area contributed by atoms with Gasteiger partial charge < -0.3 is 9.64 Å². The third kappa shape index (κ3) is 5.95. The van der Waals surface area contributed by atoms with Gasteiger partial charge in [0.25, 0.3) is 0 Å². The molecule has 1 aliphatic rings. The summed E-state index contributed by atoms with van der Waals surface area (Å²) in [7, 11) is 66.5. The Labute approximate surface area is 239 Å². The summed E-state index contributed by atoms with van der Waals surface area (Å²) < 4.78 is 5.64. The van der Waals surface area contributed by atoms with Crippen LogP contribution in [0.25, 0.3) is 5.57 Å². The minimum atomic E-state index is -2.58. The lowest BCUT2D eigenvalue weighted by atomic mass is 9.19. The van der Waals surface area contributed by atoms with Crippen molar-refractivity contribution in [1.29, 1.82) is 0 Å². The molecule has 0 N–H and O–H groups in total. The second-order valence-electron chi connectivity index (χ2n) is 9.89. The largest absolute Gasteiger partial charge is 0.494 e. The molecule has 2 aromatic carbocycles. The van der Waals surface area contributed by atoms with E-state index in [1.807, 2.05) is 30.3 Å². The van der Waals surface area contributed by atoms with Crippen molar-refractivity contribution in [2.75, 3.05) is 0 Å². The average molecular weight is 474 g/mol. The molecule has 0 atom stereocenters. The molecule has 0 unspecified atom stereocenters. The van der Waals surface area contributed by atoms with E-state index in [0.717, 1.165) is 5.56 Å². The summed E-state index contributed by atoms with van der Waals surface area (Å²) in [4.78, 5) is 12.7. The molecule has 1 aliphatic heterocycles. The number of nitro benzene ring substituents is 1. The molecule has 0 amide bonds. The Kier molecular flexibility index (Phi) is 8.23. The molecule has 0 spiro atoms. The van der Waals surface area contributed by atoms with Gasteiger partial charge in [-0.3, -0.25) is 10.1 Å². The summed E-state index contributed by atoms with van der Waals surface area (Å²) in [6, 6.07) is 11.9. The first-order valence-electron chi connectivity index (χ1n) is 11.4. The van der Waals surface area contributed by atoms with Crippen LogP contribution in [0.4, 0.5) is 5.69 Å². The minimum Gasteiger partial charge on any atom is -0.494 e. The molecular weight excluding hydrogens is 459 g/mol. The molecule has 0 aliphatic carbocycles. The van der Waals surface area contributed by atoms with Gasteiger partial charge in [0.2, 0.25) is 0 Å². The predicted octanol–water partition coefficient (Wildman–Crippen LogP) is -0.424. The number of hydrogen-bond donors (Lipinski definition) is 0. The summed E-state index contributed by atoms with van der Waals surface area (Å²) >= 11 is 0. The van der Waals surface area contributed by atoms with Crippen LogP contribution in [0.1, 0.15) is 23.1 Å². The normalized spacial score (nSPS) is 17.9. The smallest absolute Gasteiger partial charge is 0.311 e. The molecule has 164 valence electrons. The molecule has 38 heavy (non-hydrogen) atoms. The first kappa shape index (κ1) is 30.6. The quantitative estimate of drug-likeness (QED) is 0.296. The number of nitro groups is 1. The van der Waals surface area contributed by atoms with Gasteiger partial charge in [-0.2, -0.15) is 0 Å². The second kappa shape index (κ2) is 10.2. The van der Waals surface area contributed by atoms with Crippen molar-refractivity contribution >= 4 is 97.6 Å². The molecule has 16 heteroatoms. The van der Waals surface area contributed by atoms with E-state index in [9.17, 15) is 10.1 Å². The van der Waals surface area contributed by atoms with Gasteiger partial charge in [-0.25, -0.2) is 0 Å². The van der Waals surface area contributed by atoms with E-state index in [1.165, 1.54) is 12.1 Å². The molecule has 5 nitrogen and oxygen atoms in total. The van der Waals surface area contributed by atoms with Crippen molar-refractivity contribution in [3.05, 3.63) is 75.3 Å². The lowest BCUT2D eigenvalue weighted by Gasteiger charge is -2.54. The van der Waals surface area contributed by atoms with E-state index in [0.29, 0.717) is 16.7 Å². The minimum absolute atomic E-state index is 0.0467. The van der Waals surface area contributed by atoms with Crippen LogP contribution in [-0.4, -0.2) is 112 Å². The SMILES string of the molecule is [B]C1([B])C=C(c2cc(OC([B])(C([B])([B])[B])C([B])([B])[B])c([N+](=O)[O-])cc2C)CC([B])([B])N1Cc1ccccc1. The zero-order chi connectivity index (χ0) is 28.9. The van der Waals surface area contributed by atoms with E-state index in [2.05, 4.69) is 0 Å². The Hall–Kier alpha value is -1.95. The Morgan fingerprint density at radius 1 is 0.974 bits per heavy atom. The fourth-order valence-corrected chi connectivity index (χ4v) is 4.36. The number of benzene rings is 2. The molecule has 22 radical (unpaired) electrons. The van der Waals surface area contributed by atoms with Crippen molar-refractivity contribution in [1.82, 2.24) is 4.90 Å². The summed E-state index contributed by atoms with van der Waals surface area (Å²) in [5, 5.41) is 3.88. The lowest BCUT2D eigenvalue weighted by molar-refractivity contribution is -0.386. The van der Waals surface area contributed by atoms with Crippen molar-refractivity contribution in [3.8, 4) is 5.75 Å². The second-order valence-corrected chi connectivity index (χ2v) is 9.89. The van der Waals surface area contributed by atoms with Crippen molar-refractivity contribution in [2.45, 2.75) is 46.3 Å². The summed E-state index contributed by atoms with van der Waals surface area (Å²) in [5.41, 5.74) is -0.893. The first-order chi connectivity index (χ1) is 17.2. The fraction of sp³-hybridized carbons (Fsp3) is 0.364. The van der Waals surface area contributed by atoms with Gasteiger partial charge >= 0.3 is 5.69 Å². The number of rotatable bonds is 8. The van der Waals surface area contributed by atoms with Gasteiger partial charge in [0.15, 0.2) is 5.75 Å². The van der Waals surface area contributed by atoms with Crippen LogP contribution in [0.3, 0.4) is 0 Å². The maximum Gasteiger partial charge on any atom is 0.311 e. The van der Waals surface area contributed by atoms with Gasteiger partial charge in [-0.1, -0.05) is 36.4 Å². The van der Waals surface area contributed by atoms with Crippen molar-refractivity contribution in [2.24, 2.45) is 0 Å². The highest BCUT2D eigenvalue weighted by Gasteiger charge is 2.47. The number of ether oxygens (including phenoxy) is 1. The van der Waals surface area contributed by atoms with Crippen LogP contribution < -0.4 is 4.74 Å². The Bertz CT molecular complexity index is 1230. The predicted molar refractivity (Wildman–Crippen MR) is 160 cm³/mol. The Morgan fingerprint density at radius 2 is 1.53 bits per heavy atom. The molecule has 0 aromatic heterocycles. The van der Waals surface area contributed by atoms with E-state index in [4.69, 9.17) is 91.0 Å². The van der Waals surface area contributed by atoms with Gasteiger partial charge in [0.1, 0.15) is 7.85 Å². The zero-order valence-corrected chi connectivity index (χ0v) is 21.0. The van der Waals surface area contributed by atoms with Crippen LogP contribution in [-0.2, 0) is 6.54 Å². The van der Waals surface area contributed by atoms with Crippen LogP contribution in [0, 0.1) is 17.0 Å². The summed E-state index contributed by atoms with van der Waals surface area (Å²) in [6.45, 7) is 1.88. The van der Waals surface area contributed by atoms with E-state index in [1.54, 1.807) is 17.9 Å². The first-order valence-corrected chi connectivity index (χ1v) is 11.4. The van der Waals surface area contributed by atoms with Gasteiger partial charge in [-0.15, -0.1) is 10.2 Å². The van der Waals surface area contributed by atoms with Crippen molar-refractivity contribution in [3.63, 3.8) is 0 Å². The standard InChI is InChI=1S/C22H15B11N2O3/c1-12-7-16(35(36)37)17(38-20(27,21(28,29)30)22(31,32)33)8-15(12)14-9-18(23,24)34(19(25,26)10-14)11-13-5-3-2-4-6-13/h2-9H,10-11H2,1H3. The molecule has 0 saturated carbocycles. The molecule has 1 heterocycles. The average Bonchev–Trinajstić information content (AvgIpc) is 2.75. The van der Waals surface area contributed by atoms with Gasteiger partial charge in [0.05, 0.1) is 83.4 Å². The maximum atomic E-state index is 11.9. The van der Waals surface area contributed by atoms with Crippen LogP contribution >= 0.6 is 0 Å². The van der Waals surface area contributed by atoms with Gasteiger partial charge in [0, 0.05) is 18.1 Å². The zero-order valence-electron chi connectivity index (χ0n) is 21.0. The molecule has 0 bridgehead atoms.